The van der Waals surface area contributed by atoms with Crippen molar-refractivity contribution in [3.63, 3.8) is 0 Å². The number of nitrogens with one attached hydrogen (secondary N) is 2. The Hall–Kier alpha value is -2.43. The van der Waals surface area contributed by atoms with E-state index < -0.39 is 41.2 Å². The van der Waals surface area contributed by atoms with Gasteiger partial charge in [-0.2, -0.15) is 0 Å². The number of cyclic esters (lactones) is 1. The summed E-state index contributed by atoms with van der Waals surface area (Å²) >= 11 is 4.44. The lowest BCUT2D eigenvalue weighted by Gasteiger charge is -2.24. The Labute approximate surface area is 163 Å². The minimum Gasteiger partial charge on any atom is -0.442 e. The van der Waals surface area contributed by atoms with Crippen molar-refractivity contribution in [1.29, 1.82) is 0 Å². The predicted octanol–water partition coefficient (Wildman–Crippen LogP) is 2.47. The smallest absolute Gasteiger partial charge is 0.414 e. The molecule has 0 radical (unpaired) electrons. The quantitative estimate of drug-likeness (QED) is 0.567. The van der Waals surface area contributed by atoms with Crippen LogP contribution in [0.4, 0.5) is 28.0 Å². The molecule has 1 unspecified atom stereocenters. The average Bonchev–Trinajstić information content (AvgIpc) is 2.99. The summed E-state index contributed by atoms with van der Waals surface area (Å²) < 4.78 is 59.0. The van der Waals surface area contributed by atoms with E-state index in [0.29, 0.717) is 13.0 Å². The molecule has 2 N–H and O–H groups in total. The molecule has 2 amide bonds. The Morgan fingerprint density at radius 2 is 2.00 bits per heavy atom. The Kier molecular flexibility index (Phi) is 6.01. The molecule has 0 aromatic heterocycles. The third kappa shape index (κ3) is 4.34. The summed E-state index contributed by atoms with van der Waals surface area (Å²) in [5.41, 5.74) is -0.241. The largest absolute Gasteiger partial charge is 0.442 e. The minimum atomic E-state index is -2.83. The number of alkyl halides is 2. The van der Waals surface area contributed by atoms with Crippen LogP contribution in [0.1, 0.15) is 24.3 Å². The number of halogens is 4. The van der Waals surface area contributed by atoms with Crippen molar-refractivity contribution in [2.24, 2.45) is 0 Å². The highest BCUT2D eigenvalue weighted by atomic mass is 32.1. The van der Waals surface area contributed by atoms with Crippen LogP contribution in [0.25, 0.3) is 0 Å². The average molecular weight is 419 g/mol. The molecule has 2 aliphatic rings. The van der Waals surface area contributed by atoms with Crippen molar-refractivity contribution >= 4 is 34.9 Å². The molecule has 0 saturated carbocycles. The summed E-state index contributed by atoms with van der Waals surface area (Å²) in [7, 11) is 0. The molecule has 0 bridgehead atoms. The van der Waals surface area contributed by atoms with E-state index in [-0.39, 0.29) is 36.7 Å². The molecule has 0 aliphatic carbocycles. The third-order valence-corrected chi connectivity index (χ3v) is 4.93. The van der Waals surface area contributed by atoms with Crippen LogP contribution in [0.3, 0.4) is 0 Å². The van der Waals surface area contributed by atoms with E-state index >= 15 is 0 Å². The van der Waals surface area contributed by atoms with Crippen molar-refractivity contribution in [1.82, 2.24) is 10.6 Å². The van der Waals surface area contributed by atoms with Gasteiger partial charge in [-0.3, -0.25) is 9.69 Å². The molecular formula is C17H17F4N3O3S. The fraction of sp³-hybridized carbons (Fsp3) is 0.471. The van der Waals surface area contributed by atoms with E-state index in [1.807, 2.05) is 0 Å². The zero-order valence-corrected chi connectivity index (χ0v) is 15.3. The number of hydrogen-bond donors (Lipinski definition) is 2. The van der Waals surface area contributed by atoms with Gasteiger partial charge in [-0.25, -0.2) is 22.4 Å². The number of hydrogen-bond acceptors (Lipinski definition) is 4. The maximum atomic E-state index is 14.6. The number of amides is 2. The number of carbonyl (C=O) groups is 2. The van der Waals surface area contributed by atoms with Crippen LogP contribution < -0.4 is 15.5 Å². The molecule has 1 aromatic rings. The highest BCUT2D eigenvalue weighted by Gasteiger charge is 2.34. The van der Waals surface area contributed by atoms with Crippen LogP contribution in [-0.4, -0.2) is 49.2 Å². The summed E-state index contributed by atoms with van der Waals surface area (Å²) in [6.45, 7) is 0.102. The summed E-state index contributed by atoms with van der Waals surface area (Å²) in [5, 5.41) is 4.89. The number of rotatable bonds is 5. The minimum absolute atomic E-state index is 0.0171. The van der Waals surface area contributed by atoms with Gasteiger partial charge in [0.2, 0.25) is 5.91 Å². The first-order valence-electron chi connectivity index (χ1n) is 8.56. The normalized spacial score (nSPS) is 22.2. The van der Waals surface area contributed by atoms with E-state index in [2.05, 4.69) is 22.9 Å². The summed E-state index contributed by atoms with van der Waals surface area (Å²) in [6, 6.07) is 2.01. The molecule has 2 fully saturated rings. The van der Waals surface area contributed by atoms with Gasteiger partial charge in [0.1, 0.15) is 22.7 Å². The van der Waals surface area contributed by atoms with Gasteiger partial charge in [0.25, 0.3) is 6.43 Å². The molecular weight excluding hydrogens is 402 g/mol. The number of nitrogens with zero attached hydrogens (tertiary/aromatic N) is 1. The van der Waals surface area contributed by atoms with E-state index in [9.17, 15) is 27.2 Å². The highest BCUT2D eigenvalue weighted by Crippen LogP contribution is 2.33. The van der Waals surface area contributed by atoms with Crippen LogP contribution in [-0.2, 0) is 9.53 Å². The summed E-state index contributed by atoms with van der Waals surface area (Å²) in [4.78, 5) is 23.8. The first-order chi connectivity index (χ1) is 13.3. The second-order valence-electron chi connectivity index (χ2n) is 6.52. The van der Waals surface area contributed by atoms with Gasteiger partial charge >= 0.3 is 6.09 Å². The molecule has 2 saturated heterocycles. The van der Waals surface area contributed by atoms with Gasteiger partial charge in [0.05, 0.1) is 18.8 Å². The Balaban J connectivity index is 1.72. The highest BCUT2D eigenvalue weighted by molar-refractivity contribution is 7.80. The summed E-state index contributed by atoms with van der Waals surface area (Å²) in [5.74, 6) is -2.58. The number of ether oxygens (including phenoxy) is 1. The third-order valence-electron chi connectivity index (χ3n) is 4.61. The predicted molar refractivity (Wildman–Crippen MR) is 95.6 cm³/mol. The van der Waals surface area contributed by atoms with E-state index in [0.717, 1.165) is 17.0 Å². The molecule has 0 spiro atoms. The first kappa shape index (κ1) is 20.3. The molecule has 28 heavy (non-hydrogen) atoms. The lowest BCUT2D eigenvalue weighted by Crippen LogP contribution is -2.36. The Morgan fingerprint density at radius 3 is 2.61 bits per heavy atom. The Morgan fingerprint density at radius 1 is 1.32 bits per heavy atom. The molecule has 11 heteroatoms. The van der Waals surface area contributed by atoms with Crippen molar-refractivity contribution in [3.05, 3.63) is 29.3 Å². The Bertz CT molecular complexity index is 785. The van der Waals surface area contributed by atoms with Crippen LogP contribution >= 0.6 is 12.2 Å². The maximum absolute atomic E-state index is 14.6. The van der Waals surface area contributed by atoms with Crippen molar-refractivity contribution in [3.8, 4) is 0 Å². The van der Waals surface area contributed by atoms with Gasteiger partial charge in [0.15, 0.2) is 0 Å². The molecule has 2 atom stereocenters. The molecule has 152 valence electrons. The van der Waals surface area contributed by atoms with Gasteiger partial charge < -0.3 is 15.4 Å². The van der Waals surface area contributed by atoms with Crippen molar-refractivity contribution in [2.75, 3.05) is 24.5 Å². The SMILES string of the molecule is O=C1CC(c2c(F)cc(N3C[C@H](CNC(=S)C(F)F)OC3=O)cc2F)CCN1. The van der Waals surface area contributed by atoms with Gasteiger partial charge in [0, 0.05) is 24.4 Å². The second-order valence-corrected chi connectivity index (χ2v) is 6.96. The monoisotopic (exact) mass is 419 g/mol. The van der Waals surface area contributed by atoms with Crippen LogP contribution in [0.5, 0.6) is 0 Å². The topological polar surface area (TPSA) is 70.7 Å². The lowest BCUT2D eigenvalue weighted by molar-refractivity contribution is -0.122. The number of piperidine rings is 1. The standard InChI is InChI=1S/C17H17F4N3O3S/c18-11-4-9(5-12(19)14(11)8-1-2-22-13(25)3-8)24-7-10(27-17(24)26)6-23-16(28)15(20)21/h4-5,8,10,15H,1-3,6-7H2,(H,22,25)(H,23,28)/t8?,10-/m0/s1. The fourth-order valence-corrected chi connectivity index (χ4v) is 3.36. The molecule has 3 rings (SSSR count). The van der Waals surface area contributed by atoms with Gasteiger partial charge in [-0.1, -0.05) is 12.2 Å². The summed E-state index contributed by atoms with van der Waals surface area (Å²) in [6.07, 6.45) is -4.10. The molecule has 2 heterocycles. The van der Waals surface area contributed by atoms with Crippen LogP contribution in [0.15, 0.2) is 12.1 Å². The zero-order valence-electron chi connectivity index (χ0n) is 14.5. The number of benzene rings is 1. The maximum Gasteiger partial charge on any atom is 0.414 e. The number of carbonyl (C=O) groups excluding carboxylic acids is 2. The van der Waals surface area contributed by atoms with Gasteiger partial charge in [-0.05, 0) is 18.6 Å². The van der Waals surface area contributed by atoms with E-state index in [4.69, 9.17) is 4.74 Å². The number of thiocarbonyl (C=S) groups is 1. The fourth-order valence-electron chi connectivity index (χ4n) is 3.28. The first-order valence-corrected chi connectivity index (χ1v) is 8.96. The molecule has 2 aliphatic heterocycles. The number of anilines is 1. The van der Waals surface area contributed by atoms with E-state index in [1.54, 1.807) is 0 Å². The zero-order chi connectivity index (χ0) is 20.4. The van der Waals surface area contributed by atoms with Crippen LogP contribution in [0, 0.1) is 11.6 Å². The van der Waals surface area contributed by atoms with Crippen molar-refractivity contribution < 1.29 is 31.9 Å². The van der Waals surface area contributed by atoms with E-state index in [1.165, 1.54) is 0 Å². The van der Waals surface area contributed by atoms with Gasteiger partial charge in [-0.15, -0.1) is 0 Å². The molecule has 1 aromatic carbocycles. The molecule has 6 nitrogen and oxygen atoms in total. The van der Waals surface area contributed by atoms with Crippen molar-refractivity contribution in [2.45, 2.75) is 31.3 Å². The lowest BCUT2D eigenvalue weighted by atomic mass is 9.89. The van der Waals surface area contributed by atoms with Crippen LogP contribution in [0.2, 0.25) is 0 Å². The second kappa shape index (κ2) is 8.29.